The third-order valence-electron chi connectivity index (χ3n) is 5.48. The van der Waals surface area contributed by atoms with Gasteiger partial charge in [-0.05, 0) is 64.0 Å². The van der Waals surface area contributed by atoms with Crippen LogP contribution in [0.4, 0.5) is 4.39 Å². The molecule has 3 rings (SSSR count). The van der Waals surface area contributed by atoms with E-state index in [4.69, 9.17) is 4.74 Å². The summed E-state index contributed by atoms with van der Waals surface area (Å²) in [6.07, 6.45) is 4.38. The summed E-state index contributed by atoms with van der Waals surface area (Å²) in [7, 11) is 3.59. The third kappa shape index (κ3) is 4.50. The molecule has 1 N–H and O–H groups in total. The normalized spacial score (nSPS) is 21.2. The lowest BCUT2D eigenvalue weighted by molar-refractivity contribution is 0.0807. The minimum absolute atomic E-state index is 0.156. The first kappa shape index (κ1) is 18.1. The number of hydrogen-bond acceptors (Lipinski definition) is 4. The quantitative estimate of drug-likeness (QED) is 0.904. The maximum absolute atomic E-state index is 13.8. The molecule has 1 aromatic rings. The summed E-state index contributed by atoms with van der Waals surface area (Å²) in [6, 6.07) is 5.18. The van der Waals surface area contributed by atoms with Gasteiger partial charge in [-0.3, -0.25) is 4.79 Å². The second-order valence-corrected chi connectivity index (χ2v) is 7.17. The van der Waals surface area contributed by atoms with Crippen LogP contribution in [0.2, 0.25) is 0 Å². The van der Waals surface area contributed by atoms with Crippen molar-refractivity contribution in [1.29, 1.82) is 0 Å². The minimum Gasteiger partial charge on any atom is -0.494 e. The lowest BCUT2D eigenvalue weighted by Crippen LogP contribution is -2.50. The van der Waals surface area contributed by atoms with E-state index < -0.39 is 5.82 Å². The van der Waals surface area contributed by atoms with Gasteiger partial charge in [0.05, 0.1) is 7.11 Å². The van der Waals surface area contributed by atoms with Gasteiger partial charge in [-0.1, -0.05) is 0 Å². The van der Waals surface area contributed by atoms with Crippen LogP contribution < -0.4 is 10.1 Å². The van der Waals surface area contributed by atoms with Crippen molar-refractivity contribution in [2.75, 3.05) is 40.3 Å². The molecule has 138 valence electrons. The van der Waals surface area contributed by atoms with Gasteiger partial charge in [0.1, 0.15) is 0 Å². The van der Waals surface area contributed by atoms with Crippen molar-refractivity contribution in [3.63, 3.8) is 0 Å². The molecule has 0 saturated carbocycles. The molecule has 2 aliphatic rings. The van der Waals surface area contributed by atoms with Crippen molar-refractivity contribution in [2.45, 2.75) is 37.8 Å². The molecule has 6 heteroatoms. The number of halogens is 1. The highest BCUT2D eigenvalue weighted by atomic mass is 19.1. The highest BCUT2D eigenvalue weighted by Crippen LogP contribution is 2.21. The molecule has 0 aliphatic carbocycles. The van der Waals surface area contributed by atoms with E-state index in [0.717, 1.165) is 25.9 Å². The molecule has 2 saturated heterocycles. The molecule has 0 atom stereocenters. The number of nitrogens with zero attached hydrogens (tertiary/aromatic N) is 2. The highest BCUT2D eigenvalue weighted by molar-refractivity contribution is 5.94. The zero-order valence-electron chi connectivity index (χ0n) is 15.1. The minimum atomic E-state index is -0.507. The summed E-state index contributed by atoms with van der Waals surface area (Å²) in [6.45, 7) is 4.39. The van der Waals surface area contributed by atoms with E-state index in [1.165, 1.54) is 45.2 Å². The summed E-state index contributed by atoms with van der Waals surface area (Å²) in [5, 5.41) is 3.05. The monoisotopic (exact) mass is 349 g/mol. The Morgan fingerprint density at radius 1 is 1.16 bits per heavy atom. The first-order valence-electron chi connectivity index (χ1n) is 9.14. The van der Waals surface area contributed by atoms with Crippen LogP contribution in [0.15, 0.2) is 18.2 Å². The van der Waals surface area contributed by atoms with E-state index in [-0.39, 0.29) is 17.7 Å². The lowest BCUT2D eigenvalue weighted by Gasteiger charge is -2.41. The molecule has 2 fully saturated rings. The van der Waals surface area contributed by atoms with Crippen molar-refractivity contribution in [2.24, 2.45) is 0 Å². The second-order valence-electron chi connectivity index (χ2n) is 7.17. The van der Waals surface area contributed by atoms with Crippen LogP contribution in [0.1, 0.15) is 36.0 Å². The van der Waals surface area contributed by atoms with E-state index in [2.05, 4.69) is 22.2 Å². The number of benzene rings is 1. The van der Waals surface area contributed by atoms with Crippen molar-refractivity contribution in [3.05, 3.63) is 29.6 Å². The molecule has 0 bridgehead atoms. The average molecular weight is 349 g/mol. The molecule has 2 aliphatic heterocycles. The van der Waals surface area contributed by atoms with Gasteiger partial charge in [-0.2, -0.15) is 0 Å². The van der Waals surface area contributed by atoms with Gasteiger partial charge in [-0.15, -0.1) is 0 Å². The Kier molecular flexibility index (Phi) is 5.91. The summed E-state index contributed by atoms with van der Waals surface area (Å²) < 4.78 is 18.6. The zero-order valence-corrected chi connectivity index (χ0v) is 15.1. The number of hydrogen-bond donors (Lipinski definition) is 1. The number of likely N-dealkylation sites (tertiary alicyclic amines) is 2. The van der Waals surface area contributed by atoms with Gasteiger partial charge < -0.3 is 19.9 Å². The van der Waals surface area contributed by atoms with Crippen LogP contribution in [0, 0.1) is 5.82 Å². The van der Waals surface area contributed by atoms with Gasteiger partial charge in [-0.25, -0.2) is 4.39 Å². The summed E-state index contributed by atoms with van der Waals surface area (Å²) in [5.74, 6) is -0.561. The lowest BCUT2D eigenvalue weighted by atomic mass is 9.98. The zero-order chi connectivity index (χ0) is 17.8. The largest absolute Gasteiger partial charge is 0.494 e. The molecule has 1 amide bonds. The van der Waals surface area contributed by atoms with Gasteiger partial charge in [0, 0.05) is 30.7 Å². The number of carbonyl (C=O) groups excluding carboxylic acids is 1. The fourth-order valence-electron chi connectivity index (χ4n) is 3.85. The Morgan fingerprint density at radius 2 is 1.84 bits per heavy atom. The number of rotatable bonds is 4. The maximum Gasteiger partial charge on any atom is 0.251 e. The van der Waals surface area contributed by atoms with Crippen molar-refractivity contribution in [1.82, 2.24) is 15.1 Å². The van der Waals surface area contributed by atoms with Crippen LogP contribution >= 0.6 is 0 Å². The molecule has 0 aromatic heterocycles. The average Bonchev–Trinajstić information content (AvgIpc) is 2.63. The van der Waals surface area contributed by atoms with Crippen LogP contribution in [-0.2, 0) is 0 Å². The van der Waals surface area contributed by atoms with Crippen molar-refractivity contribution < 1.29 is 13.9 Å². The van der Waals surface area contributed by atoms with Crippen LogP contribution in [0.25, 0.3) is 0 Å². The first-order chi connectivity index (χ1) is 12.1. The van der Waals surface area contributed by atoms with E-state index in [9.17, 15) is 9.18 Å². The van der Waals surface area contributed by atoms with E-state index in [1.54, 1.807) is 6.07 Å². The van der Waals surface area contributed by atoms with E-state index in [0.29, 0.717) is 11.6 Å². The fraction of sp³-hybridized carbons (Fsp3) is 0.632. The number of carbonyl (C=O) groups is 1. The van der Waals surface area contributed by atoms with Crippen LogP contribution in [0.5, 0.6) is 5.75 Å². The smallest absolute Gasteiger partial charge is 0.251 e. The molecule has 25 heavy (non-hydrogen) atoms. The Bertz CT molecular complexity index is 594. The predicted molar refractivity (Wildman–Crippen MR) is 95.5 cm³/mol. The van der Waals surface area contributed by atoms with Crippen molar-refractivity contribution >= 4 is 5.91 Å². The number of methoxy groups -OCH3 is 1. The molecule has 2 heterocycles. The van der Waals surface area contributed by atoms with Gasteiger partial charge >= 0.3 is 0 Å². The molecule has 5 nitrogen and oxygen atoms in total. The summed E-state index contributed by atoms with van der Waals surface area (Å²) in [5.41, 5.74) is 0.344. The predicted octanol–water partition coefficient (Wildman–Crippen LogP) is 2.12. The van der Waals surface area contributed by atoms with E-state index in [1.807, 2.05) is 0 Å². The molecule has 0 radical (unpaired) electrons. The van der Waals surface area contributed by atoms with Crippen LogP contribution in [-0.4, -0.2) is 68.1 Å². The number of ether oxygens (including phenoxy) is 1. The fourth-order valence-corrected chi connectivity index (χ4v) is 3.85. The van der Waals surface area contributed by atoms with Crippen LogP contribution in [0.3, 0.4) is 0 Å². The molecule has 0 spiro atoms. The summed E-state index contributed by atoms with van der Waals surface area (Å²) in [4.78, 5) is 17.3. The second kappa shape index (κ2) is 8.15. The Morgan fingerprint density at radius 3 is 2.44 bits per heavy atom. The van der Waals surface area contributed by atoms with Gasteiger partial charge in [0.25, 0.3) is 5.91 Å². The Hall–Kier alpha value is -1.66. The first-order valence-corrected chi connectivity index (χ1v) is 9.14. The SMILES string of the molecule is COc1ccc(C(=O)NC2CCN(C3CCN(C)CC3)CC2)cc1F. The standard InChI is InChI=1S/C19H28FN3O2/c1-22-9-7-16(8-10-22)23-11-5-15(6-12-23)21-19(24)14-3-4-18(25-2)17(20)13-14/h3-4,13,15-16H,5-12H2,1-2H3,(H,21,24). The van der Waals surface area contributed by atoms with Gasteiger partial charge in [0.15, 0.2) is 11.6 Å². The molecule has 0 unspecified atom stereocenters. The molecular weight excluding hydrogens is 321 g/mol. The molecule has 1 aromatic carbocycles. The maximum atomic E-state index is 13.8. The number of nitrogens with one attached hydrogen (secondary N) is 1. The Labute approximate surface area is 149 Å². The topological polar surface area (TPSA) is 44.8 Å². The van der Waals surface area contributed by atoms with E-state index >= 15 is 0 Å². The Balaban J connectivity index is 1.48. The van der Waals surface area contributed by atoms with Gasteiger partial charge in [0.2, 0.25) is 0 Å². The molecular formula is C19H28FN3O2. The number of amides is 1. The summed E-state index contributed by atoms with van der Waals surface area (Å²) >= 11 is 0. The number of piperidine rings is 2. The third-order valence-corrected chi connectivity index (χ3v) is 5.48. The highest BCUT2D eigenvalue weighted by Gasteiger charge is 2.28. The van der Waals surface area contributed by atoms with Crippen molar-refractivity contribution in [3.8, 4) is 5.75 Å².